The fourth-order valence-electron chi connectivity index (χ4n) is 2.66. The summed E-state index contributed by atoms with van der Waals surface area (Å²) >= 11 is 18.3. The maximum Gasteiger partial charge on any atom is 0.119 e. The van der Waals surface area contributed by atoms with Crippen molar-refractivity contribution >= 4 is 34.8 Å². The first-order chi connectivity index (χ1) is 13.1. The van der Waals surface area contributed by atoms with Crippen LogP contribution in [0.2, 0.25) is 15.1 Å². The van der Waals surface area contributed by atoms with E-state index >= 15 is 0 Å². The maximum atomic E-state index is 6.19. The minimum atomic E-state index is 0.457. The predicted molar refractivity (Wildman–Crippen MR) is 114 cm³/mol. The highest BCUT2D eigenvalue weighted by molar-refractivity contribution is 6.35. The predicted octanol–water partition coefficient (Wildman–Crippen LogP) is 6.56. The summed E-state index contributed by atoms with van der Waals surface area (Å²) in [6.07, 6.45) is 0.856. The van der Waals surface area contributed by atoms with Gasteiger partial charge in [0.2, 0.25) is 0 Å². The van der Waals surface area contributed by atoms with E-state index in [0.29, 0.717) is 16.7 Å². The second-order valence-electron chi connectivity index (χ2n) is 6.19. The lowest BCUT2D eigenvalue weighted by molar-refractivity contribution is 0.306. The molecule has 1 N–H and O–H groups in total. The molecule has 3 rings (SSSR count). The maximum absolute atomic E-state index is 6.19. The Morgan fingerprint density at radius 2 is 1.56 bits per heavy atom. The van der Waals surface area contributed by atoms with Crippen molar-refractivity contribution in [1.29, 1.82) is 0 Å². The minimum absolute atomic E-state index is 0.457. The van der Waals surface area contributed by atoms with Gasteiger partial charge < -0.3 is 10.1 Å². The molecule has 0 aromatic heterocycles. The van der Waals surface area contributed by atoms with Crippen LogP contribution < -0.4 is 10.1 Å². The molecule has 0 atom stereocenters. The minimum Gasteiger partial charge on any atom is -0.489 e. The molecule has 2 nitrogen and oxygen atoms in total. The zero-order valence-corrected chi connectivity index (χ0v) is 17.0. The molecule has 0 bridgehead atoms. The van der Waals surface area contributed by atoms with E-state index in [2.05, 4.69) is 17.4 Å². The monoisotopic (exact) mass is 419 g/mol. The number of hydrogen-bond acceptors (Lipinski definition) is 2. The van der Waals surface area contributed by atoms with Gasteiger partial charge in [0.15, 0.2) is 0 Å². The summed E-state index contributed by atoms with van der Waals surface area (Å²) in [5.74, 6) is 0.826. The van der Waals surface area contributed by atoms with E-state index in [0.717, 1.165) is 41.4 Å². The van der Waals surface area contributed by atoms with Crippen LogP contribution in [0, 0.1) is 0 Å². The van der Waals surface area contributed by atoms with E-state index in [1.165, 1.54) is 5.56 Å². The van der Waals surface area contributed by atoms with Gasteiger partial charge in [0.1, 0.15) is 12.4 Å². The van der Waals surface area contributed by atoms with Crippen molar-refractivity contribution < 1.29 is 4.74 Å². The quantitative estimate of drug-likeness (QED) is 0.417. The zero-order chi connectivity index (χ0) is 19.1. The van der Waals surface area contributed by atoms with Gasteiger partial charge in [0.05, 0.1) is 0 Å². The van der Waals surface area contributed by atoms with E-state index in [1.807, 2.05) is 48.5 Å². The van der Waals surface area contributed by atoms with Crippen molar-refractivity contribution in [1.82, 2.24) is 5.32 Å². The smallest absolute Gasteiger partial charge is 0.119 e. The van der Waals surface area contributed by atoms with Gasteiger partial charge in [-0.2, -0.15) is 0 Å². The van der Waals surface area contributed by atoms with Crippen LogP contribution >= 0.6 is 34.8 Å². The molecule has 0 aliphatic rings. The van der Waals surface area contributed by atoms with E-state index in [1.54, 1.807) is 6.07 Å². The molecule has 0 aliphatic carbocycles. The molecule has 3 aromatic rings. The molecular weight excluding hydrogens is 401 g/mol. The van der Waals surface area contributed by atoms with Crippen molar-refractivity contribution in [3.05, 3.63) is 98.5 Å². The fraction of sp³-hybridized carbons (Fsp3) is 0.182. The summed E-state index contributed by atoms with van der Waals surface area (Å²) in [4.78, 5) is 0. The number of nitrogens with one attached hydrogen (secondary N) is 1. The zero-order valence-electron chi connectivity index (χ0n) is 14.7. The van der Waals surface area contributed by atoms with Crippen LogP contribution in [0.15, 0.2) is 66.7 Å². The Labute approximate surface area is 175 Å². The van der Waals surface area contributed by atoms with E-state index in [4.69, 9.17) is 39.5 Å². The van der Waals surface area contributed by atoms with Crippen molar-refractivity contribution in [2.24, 2.45) is 0 Å². The Balaban J connectivity index is 1.43. The number of rotatable bonds is 8. The molecule has 0 aliphatic heterocycles. The standard InChI is InChI=1S/C22H20Cl3NO/c23-19-8-7-17(22(25)13-19)11-12-26-14-16-5-9-20(10-6-16)27-15-18-3-1-2-4-21(18)24/h1-10,13,26H,11-12,14-15H2. The molecule has 140 valence electrons. The Bertz CT molecular complexity index is 881. The van der Waals surface area contributed by atoms with E-state index in [-0.39, 0.29) is 0 Å². The van der Waals surface area contributed by atoms with Crippen molar-refractivity contribution in [2.45, 2.75) is 19.6 Å². The van der Waals surface area contributed by atoms with Crippen LogP contribution in [0.1, 0.15) is 16.7 Å². The number of hydrogen-bond donors (Lipinski definition) is 1. The fourth-order valence-corrected chi connectivity index (χ4v) is 3.35. The summed E-state index contributed by atoms with van der Waals surface area (Å²) in [6, 6.07) is 21.4. The third kappa shape index (κ3) is 6.15. The number of benzene rings is 3. The molecule has 0 saturated heterocycles. The second kappa shape index (κ2) is 10.0. The van der Waals surface area contributed by atoms with E-state index < -0.39 is 0 Å². The van der Waals surface area contributed by atoms with Gasteiger partial charge in [-0.25, -0.2) is 0 Å². The third-order valence-corrected chi connectivity index (χ3v) is 5.15. The molecule has 0 radical (unpaired) electrons. The van der Waals surface area contributed by atoms with Crippen molar-refractivity contribution in [3.8, 4) is 5.75 Å². The molecule has 0 fully saturated rings. The van der Waals surface area contributed by atoms with Crippen LogP contribution in [-0.4, -0.2) is 6.54 Å². The van der Waals surface area contributed by atoms with Crippen LogP contribution in [0.4, 0.5) is 0 Å². The molecule has 0 heterocycles. The average Bonchev–Trinajstić information content (AvgIpc) is 2.67. The van der Waals surface area contributed by atoms with Gasteiger partial charge in [0, 0.05) is 27.2 Å². The van der Waals surface area contributed by atoms with Crippen LogP contribution in [0.3, 0.4) is 0 Å². The Morgan fingerprint density at radius 3 is 2.30 bits per heavy atom. The highest BCUT2D eigenvalue weighted by atomic mass is 35.5. The summed E-state index contributed by atoms with van der Waals surface area (Å²) in [5.41, 5.74) is 3.27. The molecule has 0 spiro atoms. The molecule has 0 amide bonds. The first kappa shape index (κ1) is 20.0. The second-order valence-corrected chi connectivity index (χ2v) is 7.44. The lowest BCUT2D eigenvalue weighted by Gasteiger charge is -2.10. The van der Waals surface area contributed by atoms with Crippen molar-refractivity contribution in [3.63, 3.8) is 0 Å². The van der Waals surface area contributed by atoms with Gasteiger partial charge in [-0.1, -0.05) is 71.2 Å². The van der Waals surface area contributed by atoms with Gasteiger partial charge >= 0.3 is 0 Å². The largest absolute Gasteiger partial charge is 0.489 e. The highest BCUT2D eigenvalue weighted by Gasteiger charge is 2.03. The van der Waals surface area contributed by atoms with Gasteiger partial charge in [0.25, 0.3) is 0 Å². The van der Waals surface area contributed by atoms with Gasteiger partial charge in [-0.05, 0) is 54.4 Å². The average molecular weight is 421 g/mol. The lowest BCUT2D eigenvalue weighted by atomic mass is 10.1. The number of halogens is 3. The summed E-state index contributed by atoms with van der Waals surface area (Å²) in [5, 5.41) is 5.52. The van der Waals surface area contributed by atoms with Crippen molar-refractivity contribution in [2.75, 3.05) is 6.54 Å². The van der Waals surface area contributed by atoms with Crippen LogP contribution in [0.5, 0.6) is 5.75 Å². The summed E-state index contributed by atoms with van der Waals surface area (Å²) in [6.45, 7) is 2.08. The first-order valence-corrected chi connectivity index (χ1v) is 9.85. The summed E-state index contributed by atoms with van der Waals surface area (Å²) in [7, 11) is 0. The third-order valence-electron chi connectivity index (χ3n) is 4.19. The van der Waals surface area contributed by atoms with Gasteiger partial charge in [-0.15, -0.1) is 0 Å². The highest BCUT2D eigenvalue weighted by Crippen LogP contribution is 2.21. The molecule has 5 heteroatoms. The lowest BCUT2D eigenvalue weighted by Crippen LogP contribution is -2.16. The Hall–Kier alpha value is -1.71. The molecule has 0 saturated carbocycles. The molecule has 0 unspecified atom stereocenters. The SMILES string of the molecule is Clc1ccc(CCNCc2ccc(OCc3ccccc3Cl)cc2)c(Cl)c1. The molecule has 27 heavy (non-hydrogen) atoms. The normalized spacial score (nSPS) is 10.8. The van der Waals surface area contributed by atoms with E-state index in [9.17, 15) is 0 Å². The number of ether oxygens (including phenoxy) is 1. The van der Waals surface area contributed by atoms with Crippen LogP contribution in [-0.2, 0) is 19.6 Å². The first-order valence-electron chi connectivity index (χ1n) is 8.71. The molecular formula is C22H20Cl3NO. The Morgan fingerprint density at radius 1 is 0.778 bits per heavy atom. The van der Waals surface area contributed by atoms with Crippen LogP contribution in [0.25, 0.3) is 0 Å². The summed E-state index contributed by atoms with van der Waals surface area (Å²) < 4.78 is 5.80. The topological polar surface area (TPSA) is 21.3 Å². The van der Waals surface area contributed by atoms with Gasteiger partial charge in [-0.3, -0.25) is 0 Å². The molecule has 3 aromatic carbocycles. The Kier molecular flexibility index (Phi) is 7.42.